The quantitative estimate of drug-likeness (QED) is 0.658. The Bertz CT molecular complexity index is 157. The van der Waals surface area contributed by atoms with Crippen LogP contribution < -0.4 is 0 Å². The monoisotopic (exact) mass is 232 g/mol. The maximum atomic E-state index is 12.8. The molecule has 0 aromatic heterocycles. The van der Waals surface area contributed by atoms with E-state index in [0.29, 0.717) is 11.8 Å². The molecule has 1 atom stereocenters. The Hall–Kier alpha value is 0.430. The first-order chi connectivity index (χ1) is 6.02. The van der Waals surface area contributed by atoms with E-state index in [9.17, 15) is 13.2 Å². The number of rotatable bonds is 3. The molecule has 0 heterocycles. The lowest BCUT2D eigenvalue weighted by atomic mass is 10.0. The molecule has 0 aromatic carbocycles. The summed E-state index contributed by atoms with van der Waals surface area (Å²) in [5.41, 5.74) is -2.57. The molecule has 0 bridgehead atoms. The molecule has 0 spiro atoms. The van der Waals surface area contributed by atoms with E-state index in [1.807, 2.05) is 0 Å². The molecule has 0 aromatic rings. The zero-order valence-corrected chi connectivity index (χ0v) is 8.68. The standard InChI is InChI=1S/C8H12ClF3S/c9-7(10)8(11,12)13-6-4-2-1-3-5-6/h6-7H,1-5H2. The lowest BCUT2D eigenvalue weighted by Crippen LogP contribution is -2.25. The van der Waals surface area contributed by atoms with Gasteiger partial charge in [-0.15, -0.1) is 0 Å². The second-order valence-electron chi connectivity index (χ2n) is 3.24. The van der Waals surface area contributed by atoms with Gasteiger partial charge in [0, 0.05) is 5.25 Å². The third-order valence-corrected chi connectivity index (χ3v) is 3.86. The highest BCUT2D eigenvalue weighted by Crippen LogP contribution is 2.43. The number of thioether (sulfide) groups is 1. The van der Waals surface area contributed by atoms with Crippen LogP contribution in [0, 0.1) is 0 Å². The van der Waals surface area contributed by atoms with Gasteiger partial charge in [0.25, 0.3) is 0 Å². The number of hydrogen-bond donors (Lipinski definition) is 0. The SMILES string of the molecule is FC(Cl)C(F)(F)SC1CCCCC1. The molecule has 0 aliphatic heterocycles. The van der Waals surface area contributed by atoms with E-state index in [4.69, 9.17) is 11.6 Å². The lowest BCUT2D eigenvalue weighted by molar-refractivity contribution is 0.0528. The Morgan fingerprint density at radius 1 is 1.23 bits per heavy atom. The molecule has 13 heavy (non-hydrogen) atoms. The summed E-state index contributed by atoms with van der Waals surface area (Å²) in [6.07, 6.45) is 4.54. The summed E-state index contributed by atoms with van der Waals surface area (Å²) >= 11 is 5.14. The van der Waals surface area contributed by atoms with Crippen molar-refractivity contribution in [3.05, 3.63) is 0 Å². The summed E-state index contributed by atoms with van der Waals surface area (Å²) in [6, 6.07) is 0. The van der Waals surface area contributed by atoms with E-state index in [1.165, 1.54) is 0 Å². The second-order valence-corrected chi connectivity index (χ2v) is 5.07. The van der Waals surface area contributed by atoms with E-state index in [2.05, 4.69) is 0 Å². The van der Waals surface area contributed by atoms with Gasteiger partial charge in [0.2, 0.25) is 5.63 Å². The van der Waals surface area contributed by atoms with Crippen molar-refractivity contribution in [1.82, 2.24) is 0 Å². The molecule has 0 saturated heterocycles. The molecule has 0 amide bonds. The number of halogens is 4. The van der Waals surface area contributed by atoms with E-state index in [-0.39, 0.29) is 5.25 Å². The minimum absolute atomic E-state index is 0.124. The molecule has 1 unspecified atom stereocenters. The summed E-state index contributed by atoms with van der Waals surface area (Å²) in [5, 5.41) is -3.55. The van der Waals surface area contributed by atoms with Crippen LogP contribution in [0.1, 0.15) is 32.1 Å². The van der Waals surface area contributed by atoms with Crippen LogP contribution in [0.4, 0.5) is 13.2 Å². The molecular formula is C8H12ClF3S. The van der Waals surface area contributed by atoms with Crippen LogP contribution in [-0.4, -0.2) is 16.1 Å². The highest BCUT2D eigenvalue weighted by Gasteiger charge is 2.42. The largest absolute Gasteiger partial charge is 0.338 e. The first-order valence-corrected chi connectivity index (χ1v) is 5.68. The van der Waals surface area contributed by atoms with E-state index in [0.717, 1.165) is 32.1 Å². The van der Waals surface area contributed by atoms with Gasteiger partial charge in [-0.05, 0) is 12.8 Å². The van der Waals surface area contributed by atoms with Gasteiger partial charge in [0.1, 0.15) is 0 Å². The summed E-state index contributed by atoms with van der Waals surface area (Å²) in [7, 11) is 0. The van der Waals surface area contributed by atoms with Gasteiger partial charge < -0.3 is 0 Å². The Balaban J connectivity index is 2.37. The molecule has 1 saturated carbocycles. The number of alkyl halides is 4. The summed E-state index contributed by atoms with van der Waals surface area (Å²) in [6.45, 7) is 0. The smallest absolute Gasteiger partial charge is 0.222 e. The Morgan fingerprint density at radius 2 is 1.77 bits per heavy atom. The zero-order chi connectivity index (χ0) is 9.90. The maximum absolute atomic E-state index is 12.8. The summed E-state index contributed by atoms with van der Waals surface area (Å²) in [4.78, 5) is 0. The third-order valence-electron chi connectivity index (χ3n) is 2.13. The molecule has 1 aliphatic rings. The van der Waals surface area contributed by atoms with Crippen molar-refractivity contribution in [3.63, 3.8) is 0 Å². The lowest BCUT2D eigenvalue weighted by Gasteiger charge is -2.25. The average Bonchev–Trinajstić information content (AvgIpc) is 2.05. The van der Waals surface area contributed by atoms with Crippen LogP contribution in [0.2, 0.25) is 0 Å². The fourth-order valence-electron chi connectivity index (χ4n) is 1.46. The molecule has 0 radical (unpaired) electrons. The van der Waals surface area contributed by atoms with Crippen molar-refractivity contribution < 1.29 is 13.2 Å². The fourth-order valence-corrected chi connectivity index (χ4v) is 2.73. The van der Waals surface area contributed by atoms with Crippen LogP contribution in [0.5, 0.6) is 0 Å². The molecule has 0 nitrogen and oxygen atoms in total. The van der Waals surface area contributed by atoms with Crippen LogP contribution in [0.3, 0.4) is 0 Å². The first-order valence-electron chi connectivity index (χ1n) is 4.36. The molecule has 78 valence electrons. The molecule has 1 aliphatic carbocycles. The van der Waals surface area contributed by atoms with Crippen molar-refractivity contribution in [2.24, 2.45) is 0 Å². The molecule has 1 fully saturated rings. The molecule has 5 heteroatoms. The van der Waals surface area contributed by atoms with E-state index >= 15 is 0 Å². The van der Waals surface area contributed by atoms with Crippen LogP contribution in [-0.2, 0) is 0 Å². The van der Waals surface area contributed by atoms with Gasteiger partial charge in [0.05, 0.1) is 0 Å². The maximum Gasteiger partial charge on any atom is 0.338 e. The third kappa shape index (κ3) is 3.58. The topological polar surface area (TPSA) is 0 Å². The van der Waals surface area contributed by atoms with Gasteiger partial charge in [-0.3, -0.25) is 0 Å². The summed E-state index contributed by atoms with van der Waals surface area (Å²) in [5.74, 6) is 0. The molecule has 0 N–H and O–H groups in total. The van der Waals surface area contributed by atoms with E-state index in [1.54, 1.807) is 0 Å². The van der Waals surface area contributed by atoms with Crippen LogP contribution in [0.15, 0.2) is 0 Å². The van der Waals surface area contributed by atoms with Gasteiger partial charge in [-0.1, -0.05) is 42.6 Å². The predicted octanol–water partition coefficient (Wildman–Crippen LogP) is 4.18. The molecular weight excluding hydrogens is 221 g/mol. The average molecular weight is 233 g/mol. The van der Waals surface area contributed by atoms with Gasteiger partial charge in [0.15, 0.2) is 0 Å². The Labute approximate surface area is 85.2 Å². The second kappa shape index (κ2) is 4.78. The fraction of sp³-hybridized carbons (Fsp3) is 1.00. The van der Waals surface area contributed by atoms with Gasteiger partial charge in [-0.2, -0.15) is 8.78 Å². The van der Waals surface area contributed by atoms with Gasteiger partial charge >= 0.3 is 5.25 Å². The minimum atomic E-state index is -3.43. The normalized spacial score (nSPS) is 23.1. The van der Waals surface area contributed by atoms with E-state index < -0.39 is 10.9 Å². The highest BCUT2D eigenvalue weighted by atomic mass is 35.5. The highest BCUT2D eigenvalue weighted by molar-refractivity contribution is 8.01. The Kier molecular flexibility index (Phi) is 4.23. The number of hydrogen-bond acceptors (Lipinski definition) is 1. The van der Waals surface area contributed by atoms with Crippen LogP contribution >= 0.6 is 23.4 Å². The predicted molar refractivity (Wildman–Crippen MR) is 50.2 cm³/mol. The van der Waals surface area contributed by atoms with Crippen molar-refractivity contribution in [2.75, 3.05) is 0 Å². The van der Waals surface area contributed by atoms with Crippen molar-refractivity contribution in [2.45, 2.75) is 48.2 Å². The zero-order valence-electron chi connectivity index (χ0n) is 7.11. The first kappa shape index (κ1) is 11.5. The van der Waals surface area contributed by atoms with Gasteiger partial charge in [-0.25, -0.2) is 4.39 Å². The summed E-state index contributed by atoms with van der Waals surface area (Å²) < 4.78 is 37.8. The van der Waals surface area contributed by atoms with Crippen molar-refractivity contribution >= 4 is 23.4 Å². The minimum Gasteiger partial charge on any atom is -0.222 e. The Morgan fingerprint density at radius 3 is 2.23 bits per heavy atom. The van der Waals surface area contributed by atoms with Crippen molar-refractivity contribution in [1.29, 1.82) is 0 Å². The molecule has 1 rings (SSSR count). The van der Waals surface area contributed by atoms with Crippen molar-refractivity contribution in [3.8, 4) is 0 Å². The van der Waals surface area contributed by atoms with Crippen LogP contribution in [0.25, 0.3) is 0 Å².